The fourth-order valence-corrected chi connectivity index (χ4v) is 4.63. The summed E-state index contributed by atoms with van der Waals surface area (Å²) in [5.41, 5.74) is 4.69. The minimum atomic E-state index is 0.702. The van der Waals surface area contributed by atoms with Gasteiger partial charge in [0.05, 0.1) is 11.8 Å². The molecule has 3 rings (SSSR count). The Kier molecular flexibility index (Phi) is 5.80. The summed E-state index contributed by atoms with van der Waals surface area (Å²) in [5.74, 6) is 3.13. The van der Waals surface area contributed by atoms with Crippen LogP contribution in [0.3, 0.4) is 0 Å². The molecular weight excluding hydrogens is 360 g/mol. The standard InChI is InChI=1S/C17H18N2S4/c20-9-13-5-1-3-7-15(13)18-11-23-12-19(17(18)22)16-8-4-2-6-14(16)10-21/h1-8,20-21H,9-12H2. The molecule has 0 radical (unpaired) electrons. The average molecular weight is 379 g/mol. The second kappa shape index (κ2) is 7.83. The second-order valence-electron chi connectivity index (χ2n) is 5.17. The molecule has 1 saturated heterocycles. The Morgan fingerprint density at radius 1 is 0.826 bits per heavy atom. The number of hydrogen-bond donors (Lipinski definition) is 2. The van der Waals surface area contributed by atoms with E-state index in [1.807, 2.05) is 23.9 Å². The summed E-state index contributed by atoms with van der Waals surface area (Å²) in [7, 11) is 0. The highest BCUT2D eigenvalue weighted by Crippen LogP contribution is 2.33. The van der Waals surface area contributed by atoms with Gasteiger partial charge in [0.15, 0.2) is 5.11 Å². The molecule has 0 amide bonds. The Bertz CT molecular complexity index is 647. The summed E-state index contributed by atoms with van der Waals surface area (Å²) in [6.45, 7) is 0. The normalized spacial score (nSPS) is 15.1. The number of para-hydroxylation sites is 2. The maximum atomic E-state index is 5.82. The van der Waals surface area contributed by atoms with E-state index in [1.165, 1.54) is 11.1 Å². The molecule has 0 bridgehead atoms. The van der Waals surface area contributed by atoms with Crippen LogP contribution < -0.4 is 9.80 Å². The van der Waals surface area contributed by atoms with Gasteiger partial charge in [0, 0.05) is 22.9 Å². The van der Waals surface area contributed by atoms with Gasteiger partial charge in [0.1, 0.15) is 0 Å². The van der Waals surface area contributed by atoms with Gasteiger partial charge >= 0.3 is 0 Å². The average Bonchev–Trinajstić information content (AvgIpc) is 2.62. The highest BCUT2D eigenvalue weighted by Gasteiger charge is 2.27. The first-order valence-corrected chi connectivity index (χ1v) is 10.1. The van der Waals surface area contributed by atoms with E-state index in [9.17, 15) is 0 Å². The molecule has 0 spiro atoms. The minimum Gasteiger partial charge on any atom is -0.308 e. The molecule has 1 fully saturated rings. The second-order valence-corrected chi connectivity index (χ2v) is 7.10. The van der Waals surface area contributed by atoms with Crippen molar-refractivity contribution < 1.29 is 0 Å². The summed E-state index contributed by atoms with van der Waals surface area (Å²) in [4.78, 5) is 4.40. The SMILES string of the molecule is S=C1N(c2ccccc2CS)CSCN1c1ccccc1CS. The molecule has 0 N–H and O–H groups in total. The number of thiocarbonyl (C=S) groups is 1. The number of hydrogen-bond acceptors (Lipinski definition) is 4. The molecule has 6 heteroatoms. The molecule has 0 unspecified atom stereocenters. The predicted octanol–water partition coefficient (Wildman–Crippen LogP) is 4.81. The third-order valence-electron chi connectivity index (χ3n) is 3.81. The fourth-order valence-electron chi connectivity index (χ4n) is 2.64. The van der Waals surface area contributed by atoms with Crippen LogP contribution in [0.1, 0.15) is 11.1 Å². The molecule has 0 saturated carbocycles. The molecule has 1 aliphatic rings. The molecule has 2 aromatic rings. The molecule has 0 aromatic heterocycles. The maximum Gasteiger partial charge on any atom is 0.182 e. The van der Waals surface area contributed by atoms with E-state index in [-0.39, 0.29) is 0 Å². The zero-order valence-electron chi connectivity index (χ0n) is 12.6. The van der Waals surface area contributed by atoms with Gasteiger partial charge in [0.25, 0.3) is 0 Å². The molecule has 120 valence electrons. The van der Waals surface area contributed by atoms with Crippen molar-refractivity contribution in [1.29, 1.82) is 0 Å². The van der Waals surface area contributed by atoms with Crippen LogP contribution in [0.4, 0.5) is 11.4 Å². The van der Waals surface area contributed by atoms with Crippen LogP contribution >= 0.6 is 49.2 Å². The predicted molar refractivity (Wildman–Crippen MR) is 113 cm³/mol. The summed E-state index contributed by atoms with van der Waals surface area (Å²) in [5, 5.41) is 0.840. The Hall–Kier alpha value is -0.820. The van der Waals surface area contributed by atoms with Crippen LogP contribution in [0.2, 0.25) is 0 Å². The van der Waals surface area contributed by atoms with Crippen molar-refractivity contribution in [3.63, 3.8) is 0 Å². The minimum absolute atomic E-state index is 0.702. The lowest BCUT2D eigenvalue weighted by atomic mass is 10.1. The topological polar surface area (TPSA) is 6.48 Å². The lowest BCUT2D eigenvalue weighted by molar-refractivity contribution is 1.09. The summed E-state index contributed by atoms with van der Waals surface area (Å²) < 4.78 is 0. The van der Waals surface area contributed by atoms with Crippen LogP contribution in [0.15, 0.2) is 48.5 Å². The van der Waals surface area contributed by atoms with Crippen molar-refractivity contribution in [1.82, 2.24) is 0 Å². The molecule has 0 atom stereocenters. The van der Waals surface area contributed by atoms with E-state index in [4.69, 9.17) is 12.2 Å². The van der Waals surface area contributed by atoms with Gasteiger partial charge in [0.2, 0.25) is 0 Å². The van der Waals surface area contributed by atoms with Gasteiger partial charge in [-0.2, -0.15) is 25.3 Å². The van der Waals surface area contributed by atoms with E-state index in [2.05, 4.69) is 71.5 Å². The van der Waals surface area contributed by atoms with Crippen molar-refractivity contribution in [3.05, 3.63) is 59.7 Å². The number of thiol groups is 2. The summed E-state index contributed by atoms with van der Waals surface area (Å²) in [6.07, 6.45) is 0. The third kappa shape index (κ3) is 3.50. The molecular formula is C17H18N2S4. The van der Waals surface area contributed by atoms with Gasteiger partial charge in [-0.05, 0) is 35.5 Å². The van der Waals surface area contributed by atoms with E-state index in [0.29, 0.717) is 11.5 Å². The summed E-state index contributed by atoms with van der Waals surface area (Å²) >= 11 is 16.6. The van der Waals surface area contributed by atoms with Crippen molar-refractivity contribution in [2.24, 2.45) is 0 Å². The number of nitrogens with zero attached hydrogens (tertiary/aromatic N) is 2. The van der Waals surface area contributed by atoms with E-state index in [1.54, 1.807) is 0 Å². The van der Waals surface area contributed by atoms with Gasteiger partial charge in [-0.15, -0.1) is 11.8 Å². The van der Waals surface area contributed by atoms with Crippen LogP contribution in [0, 0.1) is 0 Å². The van der Waals surface area contributed by atoms with Crippen LogP contribution in [-0.4, -0.2) is 16.9 Å². The smallest absolute Gasteiger partial charge is 0.182 e. The number of benzene rings is 2. The monoisotopic (exact) mass is 378 g/mol. The Morgan fingerprint density at radius 2 is 1.26 bits per heavy atom. The molecule has 1 heterocycles. The van der Waals surface area contributed by atoms with Crippen molar-refractivity contribution in [2.75, 3.05) is 21.6 Å². The first-order chi connectivity index (χ1) is 11.3. The van der Waals surface area contributed by atoms with Crippen molar-refractivity contribution >= 4 is 65.7 Å². The fraction of sp³-hybridized carbons (Fsp3) is 0.235. The number of rotatable bonds is 4. The van der Waals surface area contributed by atoms with Gasteiger partial charge in [-0.1, -0.05) is 36.4 Å². The van der Waals surface area contributed by atoms with E-state index >= 15 is 0 Å². The molecule has 1 aliphatic heterocycles. The Labute approximate surface area is 158 Å². The van der Waals surface area contributed by atoms with Crippen LogP contribution in [-0.2, 0) is 11.5 Å². The Balaban J connectivity index is 1.95. The molecule has 2 nitrogen and oxygen atoms in total. The highest BCUT2D eigenvalue weighted by molar-refractivity contribution is 7.99. The zero-order valence-corrected chi connectivity index (χ0v) is 16.0. The summed E-state index contributed by atoms with van der Waals surface area (Å²) in [6, 6.07) is 16.6. The number of thioether (sulfide) groups is 1. The van der Waals surface area contributed by atoms with Crippen LogP contribution in [0.5, 0.6) is 0 Å². The lowest BCUT2D eigenvalue weighted by Crippen LogP contribution is -2.48. The van der Waals surface area contributed by atoms with Crippen molar-refractivity contribution in [3.8, 4) is 0 Å². The molecule has 2 aromatic carbocycles. The quantitative estimate of drug-likeness (QED) is 0.582. The van der Waals surface area contributed by atoms with Crippen LogP contribution in [0.25, 0.3) is 0 Å². The van der Waals surface area contributed by atoms with E-state index in [0.717, 1.165) is 28.2 Å². The highest BCUT2D eigenvalue weighted by atomic mass is 32.2. The maximum absolute atomic E-state index is 5.82. The van der Waals surface area contributed by atoms with Gasteiger partial charge in [-0.3, -0.25) is 0 Å². The lowest BCUT2D eigenvalue weighted by Gasteiger charge is -2.39. The first kappa shape index (κ1) is 17.0. The van der Waals surface area contributed by atoms with Crippen molar-refractivity contribution in [2.45, 2.75) is 11.5 Å². The Morgan fingerprint density at radius 3 is 1.70 bits per heavy atom. The number of anilines is 2. The zero-order chi connectivity index (χ0) is 16.2. The van der Waals surface area contributed by atoms with E-state index < -0.39 is 0 Å². The molecule has 23 heavy (non-hydrogen) atoms. The van der Waals surface area contributed by atoms with Gasteiger partial charge < -0.3 is 9.80 Å². The molecule has 0 aliphatic carbocycles. The first-order valence-electron chi connectivity index (χ1n) is 7.30. The van der Waals surface area contributed by atoms with Gasteiger partial charge in [-0.25, -0.2) is 0 Å². The largest absolute Gasteiger partial charge is 0.308 e. The third-order valence-corrected chi connectivity index (χ3v) is 5.81.